The van der Waals surface area contributed by atoms with E-state index in [0.29, 0.717) is 23.9 Å². The van der Waals surface area contributed by atoms with Gasteiger partial charge in [-0.25, -0.2) is 0 Å². The van der Waals surface area contributed by atoms with Gasteiger partial charge >= 0.3 is 0 Å². The molecule has 1 atom stereocenters. The van der Waals surface area contributed by atoms with Gasteiger partial charge in [-0.05, 0) is 31.2 Å². The SMILES string of the molecule is CCn1c(CCC(N)=O)nnc1SCC(=O)N1CCC[C@@H]1c1cccs1. The summed E-state index contributed by atoms with van der Waals surface area (Å²) in [6, 6.07) is 4.35. The first-order chi connectivity index (χ1) is 12.6. The number of hydrogen-bond acceptors (Lipinski definition) is 6. The number of thiophene rings is 1. The Kier molecular flexibility index (Phi) is 6.31. The van der Waals surface area contributed by atoms with E-state index >= 15 is 0 Å². The molecule has 0 aliphatic carbocycles. The minimum atomic E-state index is -0.353. The van der Waals surface area contributed by atoms with E-state index in [9.17, 15) is 9.59 Å². The quantitative estimate of drug-likeness (QED) is 0.694. The molecule has 26 heavy (non-hydrogen) atoms. The maximum absolute atomic E-state index is 12.7. The van der Waals surface area contributed by atoms with Crippen LogP contribution in [-0.4, -0.2) is 43.8 Å². The fourth-order valence-electron chi connectivity index (χ4n) is 3.21. The molecule has 7 nitrogen and oxygen atoms in total. The van der Waals surface area contributed by atoms with Crippen molar-refractivity contribution in [3.8, 4) is 0 Å². The Morgan fingerprint density at radius 2 is 2.27 bits per heavy atom. The molecule has 0 spiro atoms. The number of rotatable bonds is 8. The summed E-state index contributed by atoms with van der Waals surface area (Å²) in [5.41, 5.74) is 5.21. The van der Waals surface area contributed by atoms with Crippen LogP contribution >= 0.6 is 23.1 Å². The molecule has 3 rings (SSSR count). The lowest BCUT2D eigenvalue weighted by Crippen LogP contribution is -2.31. The van der Waals surface area contributed by atoms with Crippen LogP contribution in [0.15, 0.2) is 22.7 Å². The van der Waals surface area contributed by atoms with Crippen LogP contribution in [0.3, 0.4) is 0 Å². The molecular formula is C17H23N5O2S2. The standard InChI is InChI=1S/C17H23N5O2S2/c1-2-21-15(8-7-14(18)23)19-20-17(21)26-11-16(24)22-9-3-5-12(22)13-6-4-10-25-13/h4,6,10,12H,2-3,5,7-9,11H2,1H3,(H2,18,23)/t12-/m1/s1. The van der Waals surface area contributed by atoms with Gasteiger partial charge in [-0.15, -0.1) is 21.5 Å². The molecule has 140 valence electrons. The van der Waals surface area contributed by atoms with Crippen molar-refractivity contribution in [1.29, 1.82) is 0 Å². The molecular weight excluding hydrogens is 370 g/mol. The number of amides is 2. The number of carbonyl (C=O) groups is 2. The molecule has 0 unspecified atom stereocenters. The summed E-state index contributed by atoms with van der Waals surface area (Å²) in [5.74, 6) is 0.860. The molecule has 2 N–H and O–H groups in total. The molecule has 0 aromatic carbocycles. The van der Waals surface area contributed by atoms with Crippen LogP contribution in [0.5, 0.6) is 0 Å². The second-order valence-corrected chi connectivity index (χ2v) is 8.08. The molecule has 0 radical (unpaired) electrons. The Morgan fingerprint density at radius 1 is 1.42 bits per heavy atom. The summed E-state index contributed by atoms with van der Waals surface area (Å²) in [4.78, 5) is 27.0. The summed E-state index contributed by atoms with van der Waals surface area (Å²) in [5, 5.41) is 11.1. The third-order valence-corrected chi connectivity index (χ3v) is 6.40. The molecule has 2 aromatic rings. The number of likely N-dealkylation sites (tertiary alicyclic amines) is 1. The maximum Gasteiger partial charge on any atom is 0.233 e. The lowest BCUT2D eigenvalue weighted by atomic mass is 10.2. The molecule has 2 amide bonds. The van der Waals surface area contributed by atoms with Gasteiger partial charge < -0.3 is 15.2 Å². The van der Waals surface area contributed by atoms with E-state index in [1.54, 1.807) is 11.3 Å². The summed E-state index contributed by atoms with van der Waals surface area (Å²) in [7, 11) is 0. The van der Waals surface area contributed by atoms with Gasteiger partial charge in [0.1, 0.15) is 5.82 Å². The minimum Gasteiger partial charge on any atom is -0.370 e. The van der Waals surface area contributed by atoms with Crippen molar-refractivity contribution in [3.63, 3.8) is 0 Å². The Balaban J connectivity index is 1.61. The number of carbonyl (C=O) groups excluding carboxylic acids is 2. The Labute approximate surface area is 161 Å². The van der Waals surface area contributed by atoms with E-state index in [1.807, 2.05) is 22.5 Å². The zero-order chi connectivity index (χ0) is 18.5. The Bertz CT molecular complexity index is 759. The minimum absolute atomic E-state index is 0.134. The van der Waals surface area contributed by atoms with E-state index in [4.69, 9.17) is 5.73 Å². The summed E-state index contributed by atoms with van der Waals surface area (Å²) in [6.07, 6.45) is 2.79. The van der Waals surface area contributed by atoms with Gasteiger partial charge in [0, 0.05) is 30.8 Å². The Hall–Kier alpha value is -1.87. The zero-order valence-corrected chi connectivity index (χ0v) is 16.4. The molecule has 1 aliphatic heterocycles. The van der Waals surface area contributed by atoms with Crippen LogP contribution in [0, 0.1) is 0 Å². The van der Waals surface area contributed by atoms with E-state index in [2.05, 4.69) is 21.6 Å². The van der Waals surface area contributed by atoms with Crippen LogP contribution < -0.4 is 5.73 Å². The van der Waals surface area contributed by atoms with Gasteiger partial charge in [0.2, 0.25) is 11.8 Å². The fraction of sp³-hybridized carbons (Fsp3) is 0.529. The van der Waals surface area contributed by atoms with Gasteiger partial charge in [0.15, 0.2) is 5.16 Å². The van der Waals surface area contributed by atoms with Crippen molar-refractivity contribution in [3.05, 3.63) is 28.2 Å². The first-order valence-electron chi connectivity index (χ1n) is 8.76. The van der Waals surface area contributed by atoms with Crippen molar-refractivity contribution in [2.45, 2.75) is 50.4 Å². The van der Waals surface area contributed by atoms with Crippen LogP contribution in [0.25, 0.3) is 0 Å². The van der Waals surface area contributed by atoms with Crippen LogP contribution in [0.1, 0.15) is 42.9 Å². The predicted molar refractivity (Wildman–Crippen MR) is 102 cm³/mol. The van der Waals surface area contributed by atoms with Crippen molar-refractivity contribution < 1.29 is 9.59 Å². The molecule has 0 bridgehead atoms. The average molecular weight is 394 g/mol. The maximum atomic E-state index is 12.7. The summed E-state index contributed by atoms with van der Waals surface area (Å²) < 4.78 is 1.95. The molecule has 9 heteroatoms. The third kappa shape index (κ3) is 4.27. The first kappa shape index (κ1) is 18.9. The largest absolute Gasteiger partial charge is 0.370 e. The fourth-order valence-corrected chi connectivity index (χ4v) is 5.00. The van der Waals surface area contributed by atoms with Crippen molar-refractivity contribution in [2.75, 3.05) is 12.3 Å². The predicted octanol–water partition coefficient (Wildman–Crippen LogP) is 2.23. The molecule has 2 aromatic heterocycles. The van der Waals surface area contributed by atoms with Crippen LogP contribution in [0.4, 0.5) is 0 Å². The van der Waals surface area contributed by atoms with E-state index < -0.39 is 0 Å². The molecule has 1 saturated heterocycles. The zero-order valence-electron chi connectivity index (χ0n) is 14.8. The van der Waals surface area contributed by atoms with Gasteiger partial charge in [-0.1, -0.05) is 17.8 Å². The molecule has 3 heterocycles. The number of nitrogens with two attached hydrogens (primary N) is 1. The molecule has 0 saturated carbocycles. The number of aromatic nitrogens is 3. The van der Waals surface area contributed by atoms with Crippen molar-refractivity contribution in [1.82, 2.24) is 19.7 Å². The highest BCUT2D eigenvalue weighted by atomic mass is 32.2. The highest BCUT2D eigenvalue weighted by Gasteiger charge is 2.30. The second kappa shape index (κ2) is 8.68. The number of thioether (sulfide) groups is 1. The van der Waals surface area contributed by atoms with E-state index in [-0.39, 0.29) is 24.3 Å². The first-order valence-corrected chi connectivity index (χ1v) is 10.6. The summed E-state index contributed by atoms with van der Waals surface area (Å²) in [6.45, 7) is 3.50. The Morgan fingerprint density at radius 3 is 2.96 bits per heavy atom. The highest BCUT2D eigenvalue weighted by molar-refractivity contribution is 7.99. The monoisotopic (exact) mass is 393 g/mol. The van der Waals surface area contributed by atoms with Crippen LogP contribution in [0.2, 0.25) is 0 Å². The van der Waals surface area contributed by atoms with E-state index in [0.717, 1.165) is 25.2 Å². The lowest BCUT2D eigenvalue weighted by Gasteiger charge is -2.23. The summed E-state index contributed by atoms with van der Waals surface area (Å²) >= 11 is 3.11. The topological polar surface area (TPSA) is 94.1 Å². The highest BCUT2D eigenvalue weighted by Crippen LogP contribution is 2.35. The third-order valence-electron chi connectivity index (χ3n) is 4.47. The number of nitrogens with zero attached hydrogens (tertiary/aromatic N) is 4. The van der Waals surface area contributed by atoms with E-state index in [1.165, 1.54) is 16.6 Å². The second-order valence-electron chi connectivity index (χ2n) is 6.16. The smallest absolute Gasteiger partial charge is 0.233 e. The molecule has 1 fully saturated rings. The number of hydrogen-bond donors (Lipinski definition) is 1. The van der Waals surface area contributed by atoms with Gasteiger partial charge in [0.25, 0.3) is 0 Å². The van der Waals surface area contributed by atoms with Gasteiger partial charge in [-0.3, -0.25) is 9.59 Å². The van der Waals surface area contributed by atoms with Gasteiger partial charge in [0.05, 0.1) is 11.8 Å². The van der Waals surface area contributed by atoms with Gasteiger partial charge in [-0.2, -0.15) is 0 Å². The lowest BCUT2D eigenvalue weighted by molar-refractivity contribution is -0.129. The number of aryl methyl sites for hydroxylation is 1. The normalized spacial score (nSPS) is 17.0. The van der Waals surface area contributed by atoms with Crippen molar-refractivity contribution >= 4 is 34.9 Å². The molecule has 1 aliphatic rings. The number of primary amides is 1. The van der Waals surface area contributed by atoms with Crippen molar-refractivity contribution in [2.24, 2.45) is 5.73 Å². The average Bonchev–Trinajstić information content (AvgIpc) is 3.37. The van der Waals surface area contributed by atoms with Crippen LogP contribution in [-0.2, 0) is 22.6 Å².